The summed E-state index contributed by atoms with van der Waals surface area (Å²) in [6.07, 6.45) is 7.23. The molecule has 103 heavy (non-hydrogen) atoms. The first-order chi connectivity index (χ1) is 48.9. The van der Waals surface area contributed by atoms with E-state index in [4.69, 9.17) is 22.9 Å². The third-order valence-corrected chi connectivity index (χ3v) is 19.9. The van der Waals surface area contributed by atoms with Gasteiger partial charge in [0.1, 0.15) is 66.5 Å². The van der Waals surface area contributed by atoms with E-state index in [1.165, 1.54) is 34.1 Å². The number of nitrogens with zero attached hydrogens (tertiary/aromatic N) is 5. The van der Waals surface area contributed by atoms with Crippen molar-refractivity contribution in [3.63, 3.8) is 0 Å². The number of rotatable bonds is 39. The third-order valence-electron chi connectivity index (χ3n) is 19.9. The van der Waals surface area contributed by atoms with E-state index in [1.54, 1.807) is 40.8 Å². The number of carbonyl (C=O) groups is 13. The number of aliphatic carboxylic acids is 1. The number of nitrogens with two attached hydrogens (primary N) is 4. The highest BCUT2D eigenvalue weighted by Crippen LogP contribution is 2.29. The van der Waals surface area contributed by atoms with E-state index in [0.29, 0.717) is 44.2 Å². The molecule has 0 radical (unpaired) electrons. The van der Waals surface area contributed by atoms with Crippen LogP contribution in [0.1, 0.15) is 163 Å². The quantitative estimate of drug-likeness (QED) is 0.0194. The number of guanidine groups is 1. The topological polar surface area (TPSA) is 509 Å². The van der Waals surface area contributed by atoms with Crippen LogP contribution in [0.5, 0.6) is 0 Å². The molecular weight excluding hydrogens is 1330 g/mol. The molecule has 33 nitrogen and oxygen atoms in total. The van der Waals surface area contributed by atoms with Gasteiger partial charge in [-0.1, -0.05) is 92.9 Å². The van der Waals surface area contributed by atoms with Gasteiger partial charge in [0.05, 0.1) is 12.4 Å². The summed E-state index contributed by atoms with van der Waals surface area (Å²) >= 11 is 0. The van der Waals surface area contributed by atoms with Gasteiger partial charge in [0.15, 0.2) is 5.96 Å². The first-order valence-electron chi connectivity index (χ1n) is 36.1. The molecule has 12 amide bonds. The maximum atomic E-state index is 15.0. The molecule has 1 aromatic carbocycles. The predicted molar refractivity (Wildman–Crippen MR) is 381 cm³/mol. The number of aromatic amines is 2. The molecule has 2 aromatic heterocycles. The van der Waals surface area contributed by atoms with E-state index in [0.717, 1.165) is 16.5 Å². The fraction of sp³-hybridized carbons (Fsp3) is 0.643. The molecule has 3 aromatic rings. The van der Waals surface area contributed by atoms with Gasteiger partial charge in [-0.05, 0) is 113 Å². The summed E-state index contributed by atoms with van der Waals surface area (Å²) in [5.74, 6) is -11.5. The van der Waals surface area contributed by atoms with Gasteiger partial charge in [-0.2, -0.15) is 0 Å². The molecule has 3 aliphatic heterocycles. The highest BCUT2D eigenvalue weighted by atomic mass is 16.4. The zero-order valence-corrected chi connectivity index (χ0v) is 60.7. The van der Waals surface area contributed by atoms with Crippen LogP contribution in [0.25, 0.3) is 10.9 Å². The lowest BCUT2D eigenvalue weighted by Gasteiger charge is -2.35. The van der Waals surface area contributed by atoms with E-state index >= 15 is 0 Å². The van der Waals surface area contributed by atoms with Crippen LogP contribution in [0.3, 0.4) is 0 Å². The number of benzene rings is 1. The van der Waals surface area contributed by atoms with Crippen molar-refractivity contribution < 1.29 is 67.4 Å². The number of fused-ring (bicyclic) bond motifs is 1. The third kappa shape index (κ3) is 22.9. The number of imidazole rings is 1. The van der Waals surface area contributed by atoms with Crippen LogP contribution in [0.2, 0.25) is 0 Å². The Bertz CT molecular complexity index is 3490. The smallest absolute Gasteiger partial charge is 0.326 e. The Hall–Kier alpha value is -9.69. The van der Waals surface area contributed by atoms with Crippen LogP contribution in [-0.4, -0.2) is 216 Å². The van der Waals surface area contributed by atoms with Crippen molar-refractivity contribution in [2.24, 2.45) is 51.6 Å². The maximum absolute atomic E-state index is 15.0. The number of aliphatic imine (C=N–C) groups is 1. The van der Waals surface area contributed by atoms with Gasteiger partial charge in [0, 0.05) is 68.0 Å². The van der Waals surface area contributed by atoms with Crippen molar-refractivity contribution in [1.82, 2.24) is 72.2 Å². The molecule has 6 rings (SSSR count). The van der Waals surface area contributed by atoms with Gasteiger partial charge < -0.3 is 95.2 Å². The first-order valence-corrected chi connectivity index (χ1v) is 36.1. The van der Waals surface area contributed by atoms with Gasteiger partial charge in [-0.3, -0.25) is 62.5 Å². The normalized spacial score (nSPS) is 19.4. The van der Waals surface area contributed by atoms with E-state index in [9.17, 15) is 67.4 Å². The maximum Gasteiger partial charge on any atom is 0.326 e. The van der Waals surface area contributed by atoms with Crippen LogP contribution >= 0.6 is 0 Å². The number of aromatic nitrogens is 3. The minimum absolute atomic E-state index is 0.0426. The van der Waals surface area contributed by atoms with Crippen LogP contribution in [0.15, 0.2) is 48.0 Å². The average Bonchev–Trinajstić information content (AvgIpc) is 1.66. The number of primary amides is 1. The van der Waals surface area contributed by atoms with Gasteiger partial charge in [0.2, 0.25) is 70.9 Å². The molecule has 15 atom stereocenters. The molecule has 0 saturated carbocycles. The highest BCUT2D eigenvalue weighted by Gasteiger charge is 2.47. The highest BCUT2D eigenvalue weighted by molar-refractivity contribution is 6.00. The van der Waals surface area contributed by atoms with Gasteiger partial charge >= 0.3 is 5.97 Å². The van der Waals surface area contributed by atoms with Crippen molar-refractivity contribution in [3.05, 3.63) is 54.2 Å². The molecule has 3 aliphatic rings. The zero-order valence-electron chi connectivity index (χ0n) is 60.7. The summed E-state index contributed by atoms with van der Waals surface area (Å²) in [5.41, 5.74) is 25.4. The fourth-order valence-corrected chi connectivity index (χ4v) is 13.3. The van der Waals surface area contributed by atoms with E-state index in [-0.39, 0.29) is 95.8 Å². The first kappa shape index (κ1) is 82.3. The van der Waals surface area contributed by atoms with Gasteiger partial charge in [-0.25, -0.2) is 9.78 Å². The number of nitrogens with one attached hydrogen (secondary N) is 10. The Morgan fingerprint density at radius 3 is 1.68 bits per heavy atom. The van der Waals surface area contributed by atoms with E-state index in [1.807, 2.05) is 45.0 Å². The molecular formula is C70H109N19O14. The minimum atomic E-state index is -1.52. The monoisotopic (exact) mass is 1440 g/mol. The number of carboxylic acids is 1. The molecule has 0 unspecified atom stereocenters. The standard InChI is InChI=1S/C70H109N19O14/c1-10-38(6)55(84-59(92)47(21-15-27-76-70(73)74)80-61(94)49(33-43-35-75-36-78-43)82-58(91)45(71)32-42-34-77-46-20-14-13-19-44(42)46)64(97)81-48(25-26-54(72)90)60(93)86-57(40(8)12-3)68(101)89-30-18-24-53(89)67(100)88-29-17-22-51(88)62(95)79-41(9)66(99)87-28-16-23-52(87)63(96)85-56(39(7)11-2)65(98)83-50(69(102)103)31-37(4)5/h13-14,19-20,34-41,45,47-53,55-57,77H,10-12,15-18,21-33,71H2,1-9H3,(H2,72,90)(H,75,78)(H,79,95)(H,80,94)(H,81,97)(H,82,91)(H,83,98)(H,84,92)(H,85,96)(H,86,93)(H,102,103)(H4,73,74,76)/t38-,39-,40-,41-,45-,47-,48-,49-,50-,51-,52-,53-,55-,56-,57-/m0/s1. The lowest BCUT2D eigenvalue weighted by molar-refractivity contribution is -0.149. The number of carbonyl (C=O) groups excluding carboxylic acids is 12. The lowest BCUT2D eigenvalue weighted by Crippen LogP contribution is -2.62. The van der Waals surface area contributed by atoms with E-state index < -0.39 is 174 Å². The lowest BCUT2D eigenvalue weighted by atomic mass is 9.95. The van der Waals surface area contributed by atoms with Crippen molar-refractivity contribution >= 4 is 93.7 Å². The van der Waals surface area contributed by atoms with Crippen LogP contribution < -0.4 is 65.5 Å². The second kappa shape index (κ2) is 39.1. The van der Waals surface area contributed by atoms with Crippen molar-refractivity contribution in [2.45, 2.75) is 238 Å². The fourth-order valence-electron chi connectivity index (χ4n) is 13.3. The largest absolute Gasteiger partial charge is 0.480 e. The number of carboxylic acid groups (broad SMARTS) is 1. The van der Waals surface area contributed by atoms with Crippen molar-refractivity contribution in [2.75, 3.05) is 26.2 Å². The summed E-state index contributed by atoms with van der Waals surface area (Å²) in [6.45, 7) is 16.1. The van der Waals surface area contributed by atoms with Crippen LogP contribution in [-0.2, 0) is 75.2 Å². The molecule has 3 fully saturated rings. The molecule has 19 N–H and O–H groups in total. The number of para-hydroxylation sites is 1. The van der Waals surface area contributed by atoms with Gasteiger partial charge in [0.25, 0.3) is 0 Å². The predicted octanol–water partition coefficient (Wildman–Crippen LogP) is -0.537. The van der Waals surface area contributed by atoms with E-state index in [2.05, 4.69) is 62.5 Å². The summed E-state index contributed by atoms with van der Waals surface area (Å²) in [5, 5.41) is 32.5. The molecule has 0 aliphatic carbocycles. The second-order valence-electron chi connectivity index (χ2n) is 28.0. The number of likely N-dealkylation sites (tertiary alicyclic amines) is 3. The minimum Gasteiger partial charge on any atom is -0.480 e. The van der Waals surface area contributed by atoms with Crippen molar-refractivity contribution in [3.8, 4) is 0 Å². The summed E-state index contributed by atoms with van der Waals surface area (Å²) in [4.78, 5) is 201. The Kier molecular flexibility index (Phi) is 31.2. The molecule has 5 heterocycles. The van der Waals surface area contributed by atoms with Crippen molar-refractivity contribution in [1.29, 1.82) is 0 Å². The van der Waals surface area contributed by atoms with Crippen LogP contribution in [0.4, 0.5) is 0 Å². The number of amides is 12. The Morgan fingerprint density at radius 1 is 0.583 bits per heavy atom. The Balaban J connectivity index is 1.13. The molecule has 0 spiro atoms. The Labute approximate surface area is 600 Å². The van der Waals surface area contributed by atoms with Gasteiger partial charge in [-0.15, -0.1) is 0 Å². The SMILES string of the molecule is CC[C@H](C)[C@H](NC(=O)[C@H](CCCN=C(N)N)NC(=O)[C@H](Cc1cnc[nH]1)NC(=O)[C@@H](N)Cc1c[nH]c2ccccc12)C(=O)N[C@@H](CCC(N)=O)C(=O)N[C@H](C(=O)N1CCC[C@H]1C(=O)N1CCC[C@H]1C(=O)N[C@@H](C)C(=O)N1CCC[C@H]1C(=O)N[C@H](C(=O)N[C@@H](CC(C)C)C(=O)O)[C@@H](C)CC)[C@@H](C)CC. The Morgan fingerprint density at radius 2 is 1.10 bits per heavy atom. The number of hydrogen-bond acceptors (Lipinski definition) is 16. The average molecular weight is 1440 g/mol. The molecule has 3 saturated heterocycles. The van der Waals surface area contributed by atoms with Crippen LogP contribution in [0, 0.1) is 23.7 Å². The molecule has 0 bridgehead atoms. The summed E-state index contributed by atoms with van der Waals surface area (Å²) in [7, 11) is 0. The second-order valence-corrected chi connectivity index (χ2v) is 28.0. The number of H-pyrrole nitrogens is 2. The molecule has 568 valence electrons. The summed E-state index contributed by atoms with van der Waals surface area (Å²) < 4.78 is 0. The molecule has 33 heteroatoms. The summed E-state index contributed by atoms with van der Waals surface area (Å²) in [6, 6.07) is -7.04. The zero-order chi connectivity index (χ0) is 75.9. The number of hydrogen-bond donors (Lipinski definition) is 15.